The van der Waals surface area contributed by atoms with Gasteiger partial charge in [-0.1, -0.05) is 0 Å². The van der Waals surface area contributed by atoms with Gasteiger partial charge in [-0.3, -0.25) is 14.9 Å². The van der Waals surface area contributed by atoms with Crippen LogP contribution in [0.3, 0.4) is 0 Å². The molecule has 0 saturated carbocycles. The van der Waals surface area contributed by atoms with Crippen LogP contribution in [0.15, 0.2) is 12.3 Å². The largest absolute Gasteiger partial charge is 0.469 e. The highest BCUT2D eigenvalue weighted by Gasteiger charge is 2.33. The summed E-state index contributed by atoms with van der Waals surface area (Å²) in [5.41, 5.74) is 0.713. The van der Waals surface area contributed by atoms with Gasteiger partial charge in [0.15, 0.2) is 0 Å². The van der Waals surface area contributed by atoms with Gasteiger partial charge < -0.3 is 9.64 Å². The summed E-state index contributed by atoms with van der Waals surface area (Å²) >= 11 is 0. The molecule has 1 aliphatic rings. The first-order chi connectivity index (χ1) is 9.02. The van der Waals surface area contributed by atoms with Crippen molar-refractivity contribution in [3.05, 3.63) is 27.9 Å². The number of nitrogens with zero attached hydrogens (tertiary/aromatic N) is 3. The van der Waals surface area contributed by atoms with Crippen LogP contribution in [-0.4, -0.2) is 36.1 Å². The Bertz CT molecular complexity index is 518. The molecule has 1 aromatic heterocycles. The van der Waals surface area contributed by atoms with Gasteiger partial charge in [0.1, 0.15) is 0 Å². The number of methoxy groups -OCH3 is 1. The van der Waals surface area contributed by atoms with E-state index in [0.29, 0.717) is 25.3 Å². The molecule has 0 amide bonds. The Morgan fingerprint density at radius 3 is 3.00 bits per heavy atom. The van der Waals surface area contributed by atoms with Crippen LogP contribution in [-0.2, 0) is 9.53 Å². The third-order valence-electron chi connectivity index (χ3n) is 3.20. The van der Waals surface area contributed by atoms with Crippen LogP contribution in [0.4, 0.5) is 11.5 Å². The highest BCUT2D eigenvalue weighted by molar-refractivity contribution is 5.74. The molecule has 7 heteroatoms. The lowest BCUT2D eigenvalue weighted by molar-refractivity contribution is -0.384. The van der Waals surface area contributed by atoms with Crippen molar-refractivity contribution >= 4 is 17.5 Å². The SMILES string of the molecule is COC(=O)C1CCN(c2ncc(C)cc2[N+](=O)[O-])C1. The standard InChI is InChI=1S/C12H15N3O4/c1-8-5-10(15(17)18)11(13-6-8)14-4-3-9(7-14)12(16)19-2/h5-6,9H,3-4,7H2,1-2H3. The fraction of sp³-hybridized carbons (Fsp3) is 0.500. The van der Waals surface area contributed by atoms with Gasteiger partial charge in [0.25, 0.3) is 0 Å². The monoisotopic (exact) mass is 265 g/mol. The molecule has 0 spiro atoms. The molecule has 7 nitrogen and oxygen atoms in total. The first kappa shape index (κ1) is 13.3. The zero-order valence-electron chi connectivity index (χ0n) is 10.8. The van der Waals surface area contributed by atoms with Crippen LogP contribution < -0.4 is 4.90 Å². The lowest BCUT2D eigenvalue weighted by Gasteiger charge is -2.16. The van der Waals surface area contributed by atoms with Crippen molar-refractivity contribution in [3.63, 3.8) is 0 Å². The maximum absolute atomic E-state index is 11.5. The van der Waals surface area contributed by atoms with Crippen LogP contribution in [0.25, 0.3) is 0 Å². The quantitative estimate of drug-likeness (QED) is 0.465. The van der Waals surface area contributed by atoms with Gasteiger partial charge in [-0.05, 0) is 18.9 Å². The zero-order chi connectivity index (χ0) is 14.0. The van der Waals surface area contributed by atoms with Gasteiger partial charge >= 0.3 is 11.7 Å². The summed E-state index contributed by atoms with van der Waals surface area (Å²) in [4.78, 5) is 28.0. The van der Waals surface area contributed by atoms with E-state index in [2.05, 4.69) is 4.98 Å². The molecule has 2 rings (SSSR count). The number of anilines is 1. The topological polar surface area (TPSA) is 85.6 Å². The number of aromatic nitrogens is 1. The Morgan fingerprint density at radius 1 is 1.63 bits per heavy atom. The van der Waals surface area contributed by atoms with E-state index in [4.69, 9.17) is 4.74 Å². The van der Waals surface area contributed by atoms with Gasteiger partial charge in [0.05, 0.1) is 18.0 Å². The summed E-state index contributed by atoms with van der Waals surface area (Å²) in [6.07, 6.45) is 2.22. The van der Waals surface area contributed by atoms with Crippen LogP contribution in [0.2, 0.25) is 0 Å². The molecule has 0 N–H and O–H groups in total. The fourth-order valence-electron chi connectivity index (χ4n) is 2.24. The van der Waals surface area contributed by atoms with Gasteiger partial charge in [-0.2, -0.15) is 0 Å². The highest BCUT2D eigenvalue weighted by atomic mass is 16.6. The van der Waals surface area contributed by atoms with E-state index in [1.54, 1.807) is 18.0 Å². The second-order valence-corrected chi connectivity index (χ2v) is 4.57. The minimum Gasteiger partial charge on any atom is -0.469 e. The Labute approximate surface area is 110 Å². The van der Waals surface area contributed by atoms with E-state index in [9.17, 15) is 14.9 Å². The van der Waals surface area contributed by atoms with Gasteiger partial charge in [0.2, 0.25) is 5.82 Å². The summed E-state index contributed by atoms with van der Waals surface area (Å²) in [5, 5.41) is 11.0. The molecule has 1 atom stereocenters. The van der Waals surface area contributed by atoms with Crippen molar-refractivity contribution in [2.45, 2.75) is 13.3 Å². The van der Waals surface area contributed by atoms with Crippen LogP contribution in [0.1, 0.15) is 12.0 Å². The number of carbonyl (C=O) groups is 1. The number of esters is 1. The molecular formula is C12H15N3O4. The average Bonchev–Trinajstić information content (AvgIpc) is 2.87. The van der Waals surface area contributed by atoms with Crippen LogP contribution in [0.5, 0.6) is 0 Å². The van der Waals surface area contributed by atoms with Crippen molar-refractivity contribution in [1.82, 2.24) is 4.98 Å². The first-order valence-electron chi connectivity index (χ1n) is 5.96. The van der Waals surface area contributed by atoms with Crippen molar-refractivity contribution in [2.75, 3.05) is 25.1 Å². The van der Waals surface area contributed by atoms with Gasteiger partial charge in [-0.25, -0.2) is 4.98 Å². The molecule has 0 radical (unpaired) electrons. The zero-order valence-corrected chi connectivity index (χ0v) is 10.8. The van der Waals surface area contributed by atoms with E-state index in [1.807, 2.05) is 0 Å². The number of nitro groups is 1. The third-order valence-corrected chi connectivity index (χ3v) is 3.20. The number of rotatable bonds is 3. The predicted molar refractivity (Wildman–Crippen MR) is 68.0 cm³/mol. The number of ether oxygens (including phenoxy) is 1. The molecule has 102 valence electrons. The molecule has 1 unspecified atom stereocenters. The Hall–Kier alpha value is -2.18. The molecule has 1 fully saturated rings. The van der Waals surface area contributed by atoms with E-state index in [0.717, 1.165) is 5.56 Å². The number of hydrogen-bond donors (Lipinski definition) is 0. The van der Waals surface area contributed by atoms with Gasteiger partial charge in [0, 0.05) is 25.4 Å². The van der Waals surface area contributed by atoms with Crippen molar-refractivity contribution in [3.8, 4) is 0 Å². The maximum atomic E-state index is 11.5. The second kappa shape index (κ2) is 5.21. The van der Waals surface area contributed by atoms with E-state index >= 15 is 0 Å². The number of carbonyl (C=O) groups excluding carboxylic acids is 1. The molecule has 0 aliphatic carbocycles. The third kappa shape index (κ3) is 2.64. The molecule has 1 aliphatic heterocycles. The molecular weight excluding hydrogens is 250 g/mol. The summed E-state index contributed by atoms with van der Waals surface area (Å²) in [6.45, 7) is 2.73. The second-order valence-electron chi connectivity index (χ2n) is 4.57. The summed E-state index contributed by atoms with van der Waals surface area (Å²) in [7, 11) is 1.34. The van der Waals surface area contributed by atoms with Gasteiger partial charge in [-0.15, -0.1) is 0 Å². The van der Waals surface area contributed by atoms with E-state index < -0.39 is 4.92 Å². The number of aryl methyl sites for hydroxylation is 1. The van der Waals surface area contributed by atoms with Crippen molar-refractivity contribution < 1.29 is 14.5 Å². The Morgan fingerprint density at radius 2 is 2.37 bits per heavy atom. The lowest BCUT2D eigenvalue weighted by Crippen LogP contribution is -2.25. The molecule has 19 heavy (non-hydrogen) atoms. The van der Waals surface area contributed by atoms with Crippen molar-refractivity contribution in [1.29, 1.82) is 0 Å². The molecule has 2 heterocycles. The molecule has 1 saturated heterocycles. The van der Waals surface area contributed by atoms with Crippen LogP contribution in [0, 0.1) is 23.0 Å². The molecule has 1 aromatic rings. The predicted octanol–water partition coefficient (Wildman–Crippen LogP) is 1.30. The number of pyridine rings is 1. The van der Waals surface area contributed by atoms with Crippen LogP contribution >= 0.6 is 0 Å². The summed E-state index contributed by atoms with van der Waals surface area (Å²) in [5.74, 6) is -0.202. The molecule has 0 aromatic carbocycles. The fourth-order valence-corrected chi connectivity index (χ4v) is 2.24. The highest BCUT2D eigenvalue weighted by Crippen LogP contribution is 2.30. The maximum Gasteiger partial charge on any atom is 0.311 e. The Balaban J connectivity index is 2.24. The normalized spacial score (nSPS) is 18.4. The lowest BCUT2D eigenvalue weighted by atomic mass is 10.1. The minimum absolute atomic E-state index is 0.0227. The summed E-state index contributed by atoms with van der Waals surface area (Å²) < 4.78 is 4.70. The first-order valence-corrected chi connectivity index (χ1v) is 5.96. The minimum atomic E-state index is -0.444. The molecule has 0 bridgehead atoms. The van der Waals surface area contributed by atoms with E-state index in [1.165, 1.54) is 13.2 Å². The smallest absolute Gasteiger partial charge is 0.311 e. The number of hydrogen-bond acceptors (Lipinski definition) is 6. The Kier molecular flexibility index (Phi) is 3.64. The van der Waals surface area contributed by atoms with Crippen molar-refractivity contribution in [2.24, 2.45) is 5.92 Å². The van der Waals surface area contributed by atoms with E-state index in [-0.39, 0.29) is 17.6 Å². The average molecular weight is 265 g/mol. The summed E-state index contributed by atoms with van der Waals surface area (Å²) in [6, 6.07) is 1.49.